The lowest BCUT2D eigenvalue weighted by atomic mass is 10.2. The van der Waals surface area contributed by atoms with Gasteiger partial charge in [0.2, 0.25) is 5.91 Å². The van der Waals surface area contributed by atoms with Crippen LogP contribution in [0.25, 0.3) is 5.69 Å². The van der Waals surface area contributed by atoms with E-state index in [0.717, 1.165) is 0 Å². The van der Waals surface area contributed by atoms with E-state index in [-0.39, 0.29) is 23.5 Å². The first-order valence-electron chi connectivity index (χ1n) is 9.37. The molecule has 3 aromatic rings. The maximum Gasteiger partial charge on any atom is 0.237 e. The standard InChI is InChI=1S/C21H23F2N5OS/c1-13(27(3)4)19-25-26-21(28(19)16-11-9-15(22)10-12-16)30-14(2)20(29)24-18-8-6-5-7-17(18)23/h5-14H,1-4H3,(H,24,29)/t13-,14+/m0/s1. The van der Waals surface area contributed by atoms with Gasteiger partial charge in [0, 0.05) is 5.69 Å². The van der Waals surface area contributed by atoms with Crippen LogP contribution in [0.5, 0.6) is 0 Å². The second-order valence-electron chi connectivity index (χ2n) is 7.02. The minimum absolute atomic E-state index is 0.0700. The Balaban J connectivity index is 1.88. The van der Waals surface area contributed by atoms with Crippen LogP contribution >= 0.6 is 11.8 Å². The number of carbonyl (C=O) groups excluding carboxylic acids is 1. The van der Waals surface area contributed by atoms with Crippen molar-refractivity contribution in [2.75, 3.05) is 19.4 Å². The molecule has 1 aromatic heterocycles. The van der Waals surface area contributed by atoms with Gasteiger partial charge in [-0.25, -0.2) is 8.78 Å². The molecule has 9 heteroatoms. The van der Waals surface area contributed by atoms with Crippen LogP contribution in [0, 0.1) is 11.6 Å². The van der Waals surface area contributed by atoms with E-state index < -0.39 is 11.1 Å². The van der Waals surface area contributed by atoms with Crippen LogP contribution in [0.15, 0.2) is 53.7 Å². The van der Waals surface area contributed by atoms with E-state index in [0.29, 0.717) is 16.7 Å². The zero-order chi connectivity index (χ0) is 21.8. The fraction of sp³-hybridized carbons (Fsp3) is 0.286. The minimum Gasteiger partial charge on any atom is -0.323 e. The summed E-state index contributed by atoms with van der Waals surface area (Å²) < 4.78 is 29.1. The lowest BCUT2D eigenvalue weighted by Gasteiger charge is -2.21. The molecule has 0 aliphatic heterocycles. The molecular formula is C21H23F2N5OS. The van der Waals surface area contributed by atoms with E-state index >= 15 is 0 Å². The van der Waals surface area contributed by atoms with Gasteiger partial charge in [0.25, 0.3) is 0 Å². The van der Waals surface area contributed by atoms with Crippen molar-refractivity contribution in [1.29, 1.82) is 0 Å². The molecule has 6 nitrogen and oxygen atoms in total. The SMILES string of the molecule is C[C@@H](Sc1nnc([C@H](C)N(C)C)n1-c1ccc(F)cc1)C(=O)Nc1ccccc1F. The van der Waals surface area contributed by atoms with Crippen LogP contribution in [-0.2, 0) is 4.79 Å². The number of hydrogen-bond acceptors (Lipinski definition) is 5. The van der Waals surface area contributed by atoms with E-state index in [1.54, 1.807) is 31.2 Å². The zero-order valence-electron chi connectivity index (χ0n) is 17.1. The first-order chi connectivity index (χ1) is 14.3. The van der Waals surface area contributed by atoms with Crippen molar-refractivity contribution in [2.45, 2.75) is 30.3 Å². The fourth-order valence-corrected chi connectivity index (χ4v) is 3.57. The summed E-state index contributed by atoms with van der Waals surface area (Å²) in [6.45, 7) is 3.69. The van der Waals surface area contributed by atoms with E-state index in [1.165, 1.54) is 36.0 Å². The number of nitrogens with zero attached hydrogens (tertiary/aromatic N) is 4. The fourth-order valence-electron chi connectivity index (χ4n) is 2.70. The molecule has 0 aliphatic rings. The molecule has 2 aromatic carbocycles. The quantitative estimate of drug-likeness (QED) is 0.566. The van der Waals surface area contributed by atoms with Crippen molar-refractivity contribution in [1.82, 2.24) is 19.7 Å². The van der Waals surface area contributed by atoms with E-state index in [9.17, 15) is 13.6 Å². The Hall–Kier alpha value is -2.78. The maximum absolute atomic E-state index is 13.8. The Morgan fingerprint density at radius 2 is 1.73 bits per heavy atom. The van der Waals surface area contributed by atoms with Crippen LogP contribution in [0.1, 0.15) is 25.7 Å². The summed E-state index contributed by atoms with van der Waals surface area (Å²) in [5, 5.41) is 11.1. The van der Waals surface area contributed by atoms with Gasteiger partial charge < -0.3 is 5.32 Å². The zero-order valence-corrected chi connectivity index (χ0v) is 18.0. The molecule has 0 radical (unpaired) electrons. The number of rotatable bonds is 7. The number of carbonyl (C=O) groups is 1. The second-order valence-corrected chi connectivity index (χ2v) is 8.33. The summed E-state index contributed by atoms with van der Waals surface area (Å²) in [6, 6.07) is 11.9. The number of aromatic nitrogens is 3. The number of para-hydroxylation sites is 1. The molecule has 1 heterocycles. The van der Waals surface area contributed by atoms with Gasteiger partial charge in [0.1, 0.15) is 11.6 Å². The second kappa shape index (κ2) is 9.36. The number of halogens is 2. The van der Waals surface area contributed by atoms with Crippen LogP contribution in [0.2, 0.25) is 0 Å². The molecule has 0 saturated carbocycles. The highest BCUT2D eigenvalue weighted by Gasteiger charge is 2.24. The molecule has 0 fully saturated rings. The lowest BCUT2D eigenvalue weighted by molar-refractivity contribution is -0.115. The molecule has 0 aliphatic carbocycles. The third kappa shape index (κ3) is 4.85. The topological polar surface area (TPSA) is 63.1 Å². The summed E-state index contributed by atoms with van der Waals surface area (Å²) in [5.41, 5.74) is 0.811. The molecule has 2 atom stereocenters. The molecule has 1 amide bonds. The average Bonchev–Trinajstić information content (AvgIpc) is 3.12. The Labute approximate surface area is 178 Å². The monoisotopic (exact) mass is 431 g/mol. The largest absolute Gasteiger partial charge is 0.323 e. The Morgan fingerprint density at radius 3 is 2.37 bits per heavy atom. The Bertz CT molecular complexity index is 1020. The highest BCUT2D eigenvalue weighted by molar-refractivity contribution is 8.00. The number of thioether (sulfide) groups is 1. The lowest BCUT2D eigenvalue weighted by Crippen LogP contribution is -2.24. The summed E-state index contributed by atoms with van der Waals surface area (Å²) in [6.07, 6.45) is 0. The molecule has 1 N–H and O–H groups in total. The highest BCUT2D eigenvalue weighted by Crippen LogP contribution is 2.30. The van der Waals surface area contributed by atoms with Gasteiger partial charge in [-0.05, 0) is 64.3 Å². The molecule has 0 unspecified atom stereocenters. The minimum atomic E-state index is -0.574. The Morgan fingerprint density at radius 1 is 1.07 bits per heavy atom. The molecule has 158 valence electrons. The van der Waals surface area contributed by atoms with Crippen molar-refractivity contribution in [3.8, 4) is 5.69 Å². The first kappa shape index (κ1) is 21.9. The predicted octanol–water partition coefficient (Wildman–Crippen LogP) is 4.29. The first-order valence-corrected chi connectivity index (χ1v) is 10.3. The van der Waals surface area contributed by atoms with E-state index in [4.69, 9.17) is 0 Å². The summed E-state index contributed by atoms with van der Waals surface area (Å²) in [5.74, 6) is -0.544. The van der Waals surface area contributed by atoms with Crippen LogP contribution in [0.4, 0.5) is 14.5 Å². The molecule has 30 heavy (non-hydrogen) atoms. The normalized spacial score (nSPS) is 13.3. The van der Waals surface area contributed by atoms with Gasteiger partial charge in [-0.2, -0.15) is 0 Å². The van der Waals surface area contributed by atoms with Gasteiger partial charge in [0.15, 0.2) is 11.0 Å². The van der Waals surface area contributed by atoms with Crippen molar-refractivity contribution in [3.05, 3.63) is 66.0 Å². The van der Waals surface area contributed by atoms with Gasteiger partial charge >= 0.3 is 0 Å². The van der Waals surface area contributed by atoms with Crippen molar-refractivity contribution < 1.29 is 13.6 Å². The number of amides is 1. The smallest absolute Gasteiger partial charge is 0.237 e. The van der Waals surface area contributed by atoms with Gasteiger partial charge in [0.05, 0.1) is 17.0 Å². The van der Waals surface area contributed by atoms with Gasteiger partial charge in [-0.1, -0.05) is 23.9 Å². The molecular weight excluding hydrogens is 408 g/mol. The van der Waals surface area contributed by atoms with Crippen molar-refractivity contribution in [3.63, 3.8) is 0 Å². The number of anilines is 1. The van der Waals surface area contributed by atoms with Gasteiger partial charge in [-0.15, -0.1) is 10.2 Å². The van der Waals surface area contributed by atoms with Crippen molar-refractivity contribution in [2.24, 2.45) is 0 Å². The summed E-state index contributed by atoms with van der Waals surface area (Å²) in [7, 11) is 3.84. The van der Waals surface area contributed by atoms with Crippen LogP contribution in [0.3, 0.4) is 0 Å². The predicted molar refractivity (Wildman–Crippen MR) is 114 cm³/mol. The number of nitrogens with one attached hydrogen (secondary N) is 1. The number of benzene rings is 2. The third-order valence-corrected chi connectivity index (χ3v) is 5.72. The van der Waals surface area contributed by atoms with E-state index in [2.05, 4.69) is 15.5 Å². The maximum atomic E-state index is 13.8. The number of hydrogen-bond donors (Lipinski definition) is 1. The van der Waals surface area contributed by atoms with E-state index in [1.807, 2.05) is 30.5 Å². The molecule has 3 rings (SSSR count). The Kier molecular flexibility index (Phi) is 6.84. The molecule has 0 bridgehead atoms. The third-order valence-electron chi connectivity index (χ3n) is 4.67. The van der Waals surface area contributed by atoms with Crippen molar-refractivity contribution >= 4 is 23.4 Å². The summed E-state index contributed by atoms with van der Waals surface area (Å²) >= 11 is 1.19. The van der Waals surface area contributed by atoms with Crippen LogP contribution < -0.4 is 5.32 Å². The van der Waals surface area contributed by atoms with Crippen LogP contribution in [-0.4, -0.2) is 44.9 Å². The molecule has 0 spiro atoms. The summed E-state index contributed by atoms with van der Waals surface area (Å²) in [4.78, 5) is 14.6. The average molecular weight is 432 g/mol. The molecule has 0 saturated heterocycles. The highest BCUT2D eigenvalue weighted by atomic mass is 32.2. The van der Waals surface area contributed by atoms with Gasteiger partial charge in [-0.3, -0.25) is 14.3 Å².